The number of nitrogens with one attached hydrogen (secondary N) is 2. The number of aryl methyl sites for hydroxylation is 1. The van der Waals surface area contributed by atoms with Crippen LogP contribution in [0.15, 0.2) is 16.9 Å². The second-order valence-corrected chi connectivity index (χ2v) is 4.54. The molecule has 2 rings (SSSR count). The second-order valence-electron chi connectivity index (χ2n) is 4.54. The molecule has 0 bridgehead atoms. The smallest absolute Gasteiger partial charge is 0.301 e. The summed E-state index contributed by atoms with van der Waals surface area (Å²) in [6.45, 7) is 5.63. The van der Waals surface area contributed by atoms with Gasteiger partial charge in [-0.1, -0.05) is 13.8 Å². The van der Waals surface area contributed by atoms with Gasteiger partial charge in [0.15, 0.2) is 5.69 Å². The van der Waals surface area contributed by atoms with Crippen LogP contribution in [0.3, 0.4) is 0 Å². The molecule has 2 aromatic rings. The minimum absolute atomic E-state index is 0.0948. The Balaban J connectivity index is 2.29. The molecular formula is C12H16N6O2. The monoisotopic (exact) mass is 276 g/mol. The van der Waals surface area contributed by atoms with Gasteiger partial charge in [-0.15, -0.1) is 0 Å². The number of oxazole rings is 1. The van der Waals surface area contributed by atoms with E-state index in [2.05, 4.69) is 25.7 Å². The fourth-order valence-electron chi connectivity index (χ4n) is 1.52. The lowest BCUT2D eigenvalue weighted by molar-refractivity contribution is 0.101. The van der Waals surface area contributed by atoms with Gasteiger partial charge in [-0.3, -0.25) is 16.0 Å². The lowest BCUT2D eigenvalue weighted by Gasteiger charge is -2.10. The molecular weight excluding hydrogens is 260 g/mol. The number of nitrogens with zero attached hydrogens (tertiary/aromatic N) is 3. The Morgan fingerprint density at radius 2 is 2.15 bits per heavy atom. The molecule has 0 aromatic carbocycles. The minimum atomic E-state index is -0.468. The Morgan fingerprint density at radius 1 is 1.40 bits per heavy atom. The largest absolute Gasteiger partial charge is 0.432 e. The normalized spacial score (nSPS) is 10.7. The quantitative estimate of drug-likeness (QED) is 0.571. The molecule has 2 aromatic heterocycles. The van der Waals surface area contributed by atoms with E-state index < -0.39 is 5.91 Å². The van der Waals surface area contributed by atoms with Gasteiger partial charge in [0.05, 0.1) is 17.6 Å². The summed E-state index contributed by atoms with van der Waals surface area (Å²) < 4.78 is 5.07. The van der Waals surface area contributed by atoms with Gasteiger partial charge in [0.2, 0.25) is 0 Å². The summed E-state index contributed by atoms with van der Waals surface area (Å²) in [6, 6.07) is 0.111. The maximum Gasteiger partial charge on any atom is 0.301 e. The first-order chi connectivity index (χ1) is 9.51. The Bertz CT molecular complexity index is 622. The van der Waals surface area contributed by atoms with Crippen molar-refractivity contribution in [3.05, 3.63) is 29.7 Å². The van der Waals surface area contributed by atoms with Gasteiger partial charge in [-0.05, 0) is 6.92 Å². The maximum absolute atomic E-state index is 12.2. The molecule has 0 fully saturated rings. The first kappa shape index (κ1) is 13.9. The van der Waals surface area contributed by atoms with Crippen molar-refractivity contribution >= 4 is 17.6 Å². The number of aromatic nitrogens is 3. The molecule has 20 heavy (non-hydrogen) atoms. The van der Waals surface area contributed by atoms with E-state index in [1.807, 2.05) is 13.8 Å². The third-order valence-electron chi connectivity index (χ3n) is 2.53. The molecule has 0 aliphatic carbocycles. The molecule has 1 amide bonds. The van der Waals surface area contributed by atoms with Gasteiger partial charge in [-0.25, -0.2) is 9.97 Å². The Kier molecular flexibility index (Phi) is 3.94. The van der Waals surface area contributed by atoms with Crippen molar-refractivity contribution in [1.29, 1.82) is 0 Å². The zero-order valence-corrected chi connectivity index (χ0v) is 11.5. The third kappa shape index (κ3) is 2.91. The van der Waals surface area contributed by atoms with Crippen LogP contribution in [-0.4, -0.2) is 20.9 Å². The van der Waals surface area contributed by atoms with Gasteiger partial charge in [0, 0.05) is 5.92 Å². The molecule has 0 saturated carbocycles. The number of carbonyl (C=O) groups excluding carboxylic acids is 1. The molecule has 0 aliphatic rings. The number of anilines is 2. The highest BCUT2D eigenvalue weighted by molar-refractivity contribution is 6.05. The van der Waals surface area contributed by atoms with Gasteiger partial charge < -0.3 is 9.84 Å². The number of rotatable bonds is 4. The average molecular weight is 276 g/mol. The van der Waals surface area contributed by atoms with E-state index in [1.165, 1.54) is 12.5 Å². The number of hydrogen-bond donors (Lipinski definition) is 3. The van der Waals surface area contributed by atoms with Crippen LogP contribution in [0.2, 0.25) is 0 Å². The maximum atomic E-state index is 12.2. The van der Waals surface area contributed by atoms with Gasteiger partial charge in [0.1, 0.15) is 12.1 Å². The topological polar surface area (TPSA) is 119 Å². The van der Waals surface area contributed by atoms with E-state index >= 15 is 0 Å². The van der Waals surface area contributed by atoms with Crippen LogP contribution in [0, 0.1) is 6.92 Å². The van der Waals surface area contributed by atoms with E-state index in [0.717, 1.165) is 0 Å². The Hall–Kier alpha value is -2.48. The van der Waals surface area contributed by atoms with Gasteiger partial charge in [-0.2, -0.15) is 4.98 Å². The Labute approximate surface area is 115 Å². The van der Waals surface area contributed by atoms with Crippen molar-refractivity contribution in [3.63, 3.8) is 0 Å². The zero-order chi connectivity index (χ0) is 14.7. The van der Waals surface area contributed by atoms with Crippen molar-refractivity contribution in [3.8, 4) is 0 Å². The molecule has 0 unspecified atom stereocenters. The van der Waals surface area contributed by atoms with Gasteiger partial charge in [0.25, 0.3) is 5.91 Å². The highest BCUT2D eigenvalue weighted by atomic mass is 16.4. The highest BCUT2D eigenvalue weighted by Crippen LogP contribution is 2.17. The summed E-state index contributed by atoms with van der Waals surface area (Å²) >= 11 is 0. The number of nitrogens with two attached hydrogens (primary N) is 1. The lowest BCUT2D eigenvalue weighted by atomic mass is 10.2. The Morgan fingerprint density at radius 3 is 2.70 bits per heavy atom. The predicted molar refractivity (Wildman–Crippen MR) is 73.1 cm³/mol. The van der Waals surface area contributed by atoms with E-state index in [9.17, 15) is 4.79 Å². The lowest BCUT2D eigenvalue weighted by Crippen LogP contribution is -2.20. The summed E-state index contributed by atoms with van der Waals surface area (Å²) in [4.78, 5) is 24.5. The molecule has 0 saturated heterocycles. The molecule has 4 N–H and O–H groups in total. The number of amides is 1. The molecule has 0 radical (unpaired) electrons. The van der Waals surface area contributed by atoms with Crippen LogP contribution in [0.5, 0.6) is 0 Å². The highest BCUT2D eigenvalue weighted by Gasteiger charge is 2.18. The first-order valence-electron chi connectivity index (χ1n) is 6.08. The minimum Gasteiger partial charge on any atom is -0.432 e. The van der Waals surface area contributed by atoms with E-state index in [-0.39, 0.29) is 17.6 Å². The SMILES string of the molecule is Cc1coc(NC(=O)c2nc(C(C)C)ncc2NN)n1. The van der Waals surface area contributed by atoms with Crippen LogP contribution >= 0.6 is 0 Å². The zero-order valence-electron chi connectivity index (χ0n) is 11.5. The second kappa shape index (κ2) is 5.66. The van der Waals surface area contributed by atoms with Gasteiger partial charge >= 0.3 is 6.01 Å². The fraction of sp³-hybridized carbons (Fsp3) is 0.333. The van der Waals surface area contributed by atoms with E-state index in [4.69, 9.17) is 10.3 Å². The summed E-state index contributed by atoms with van der Waals surface area (Å²) in [6.07, 6.45) is 2.91. The van der Waals surface area contributed by atoms with Crippen molar-refractivity contribution in [2.75, 3.05) is 10.7 Å². The summed E-state index contributed by atoms with van der Waals surface area (Å²) in [5.74, 6) is 5.54. The van der Waals surface area contributed by atoms with Crippen LogP contribution in [-0.2, 0) is 0 Å². The molecule has 0 aliphatic heterocycles. The van der Waals surface area contributed by atoms with Crippen LogP contribution < -0.4 is 16.6 Å². The molecule has 8 heteroatoms. The average Bonchev–Trinajstić information content (AvgIpc) is 2.83. The molecule has 0 atom stereocenters. The summed E-state index contributed by atoms with van der Waals surface area (Å²) in [7, 11) is 0. The fourth-order valence-corrected chi connectivity index (χ4v) is 1.52. The molecule has 2 heterocycles. The van der Waals surface area contributed by atoms with Crippen molar-refractivity contribution in [2.24, 2.45) is 5.84 Å². The first-order valence-corrected chi connectivity index (χ1v) is 6.08. The van der Waals surface area contributed by atoms with Crippen LogP contribution in [0.4, 0.5) is 11.7 Å². The number of carbonyl (C=O) groups is 1. The number of hydrazine groups is 1. The van der Waals surface area contributed by atoms with Crippen LogP contribution in [0.25, 0.3) is 0 Å². The number of hydrogen-bond acceptors (Lipinski definition) is 7. The summed E-state index contributed by atoms with van der Waals surface area (Å²) in [5, 5.41) is 2.52. The van der Waals surface area contributed by atoms with E-state index in [0.29, 0.717) is 17.2 Å². The van der Waals surface area contributed by atoms with Crippen LogP contribution in [0.1, 0.15) is 41.8 Å². The van der Waals surface area contributed by atoms with E-state index in [1.54, 1.807) is 6.92 Å². The van der Waals surface area contributed by atoms with Crippen molar-refractivity contribution in [2.45, 2.75) is 26.7 Å². The summed E-state index contributed by atoms with van der Waals surface area (Å²) in [5.41, 5.74) is 3.54. The van der Waals surface area contributed by atoms with Crippen molar-refractivity contribution < 1.29 is 9.21 Å². The van der Waals surface area contributed by atoms with Crippen molar-refractivity contribution in [1.82, 2.24) is 15.0 Å². The molecule has 106 valence electrons. The number of nitrogen functional groups attached to an aromatic ring is 1. The molecule has 8 nitrogen and oxygen atoms in total. The molecule has 0 spiro atoms. The third-order valence-corrected chi connectivity index (χ3v) is 2.53. The standard InChI is InChI=1S/C12H16N6O2/c1-6(2)10-14-4-8(18-13)9(16-10)11(19)17-12-15-7(3)5-20-12/h4-6,18H,13H2,1-3H3,(H,15,17,19). The predicted octanol–water partition coefficient (Wildman–Crippen LogP) is 1.43.